The predicted molar refractivity (Wildman–Crippen MR) is 80.2 cm³/mol. The molecule has 0 saturated carbocycles. The number of nitrogens with two attached hydrogens (primary N) is 2. The lowest BCUT2D eigenvalue weighted by Gasteiger charge is -2.01. The number of anilines is 1. The minimum absolute atomic E-state index is 0.396. The molecule has 19 heavy (non-hydrogen) atoms. The van der Waals surface area contributed by atoms with Crippen LogP contribution in [-0.2, 0) is 0 Å². The summed E-state index contributed by atoms with van der Waals surface area (Å²) in [6.07, 6.45) is 0. The van der Waals surface area contributed by atoms with Gasteiger partial charge in [-0.05, 0) is 28.5 Å². The van der Waals surface area contributed by atoms with Gasteiger partial charge in [0.05, 0.1) is 10.6 Å². The Morgan fingerprint density at radius 3 is 2.42 bits per heavy atom. The molecule has 1 amide bonds. The number of carbonyl (C=O) groups is 1. The average Bonchev–Trinajstić information content (AvgIpc) is 2.80. The highest BCUT2D eigenvalue weighted by Crippen LogP contribution is 2.34. The molecule has 0 aliphatic rings. The molecule has 94 valence electrons. The maximum absolute atomic E-state index is 11.2. The second-order valence-electron chi connectivity index (χ2n) is 4.31. The number of benzene rings is 2. The van der Waals surface area contributed by atoms with Crippen molar-refractivity contribution in [2.75, 3.05) is 5.73 Å². The monoisotopic (exact) mass is 268 g/mol. The Hall–Kier alpha value is -2.33. The van der Waals surface area contributed by atoms with Gasteiger partial charge in [-0.3, -0.25) is 4.79 Å². The third-order valence-electron chi connectivity index (χ3n) is 3.06. The van der Waals surface area contributed by atoms with Crippen LogP contribution < -0.4 is 11.5 Å². The predicted octanol–water partition coefficient (Wildman–Crippen LogP) is 3.25. The summed E-state index contributed by atoms with van der Waals surface area (Å²) in [5.74, 6) is -0.485. The molecule has 4 heteroatoms. The van der Waals surface area contributed by atoms with Gasteiger partial charge in [0.25, 0.3) is 5.91 Å². The van der Waals surface area contributed by atoms with E-state index >= 15 is 0 Å². The van der Waals surface area contributed by atoms with Crippen LogP contribution in [0.1, 0.15) is 10.4 Å². The van der Waals surface area contributed by atoms with Gasteiger partial charge in [-0.15, -0.1) is 11.3 Å². The van der Waals surface area contributed by atoms with Crippen molar-refractivity contribution in [3.63, 3.8) is 0 Å². The molecule has 0 bridgehead atoms. The van der Waals surface area contributed by atoms with Crippen molar-refractivity contribution in [3.05, 3.63) is 54.1 Å². The summed E-state index contributed by atoms with van der Waals surface area (Å²) < 4.78 is 0. The Kier molecular flexibility index (Phi) is 2.72. The van der Waals surface area contributed by atoms with Crippen LogP contribution in [0.4, 0.5) is 5.00 Å². The second kappa shape index (κ2) is 4.40. The number of carbonyl (C=O) groups excluding carboxylic acids is 1. The van der Waals surface area contributed by atoms with Crippen molar-refractivity contribution in [2.24, 2.45) is 5.73 Å². The van der Waals surface area contributed by atoms with Crippen molar-refractivity contribution in [1.82, 2.24) is 0 Å². The van der Waals surface area contributed by atoms with Crippen LogP contribution in [0.2, 0.25) is 0 Å². The lowest BCUT2D eigenvalue weighted by atomic mass is 10.1. The fourth-order valence-electron chi connectivity index (χ4n) is 2.08. The molecule has 0 atom stereocenters. The molecule has 3 aromatic rings. The molecule has 0 radical (unpaired) electrons. The molecule has 0 aliphatic heterocycles. The maximum Gasteiger partial charge on any atom is 0.251 e. The van der Waals surface area contributed by atoms with E-state index in [9.17, 15) is 4.79 Å². The molecular formula is C15H12N2OS. The molecular weight excluding hydrogens is 256 g/mol. The number of hydrogen-bond acceptors (Lipinski definition) is 3. The van der Waals surface area contributed by atoms with E-state index in [0.29, 0.717) is 10.6 Å². The lowest BCUT2D eigenvalue weighted by molar-refractivity contribution is 0.100. The van der Waals surface area contributed by atoms with E-state index in [-0.39, 0.29) is 0 Å². The van der Waals surface area contributed by atoms with E-state index in [1.165, 1.54) is 16.7 Å². The molecule has 0 saturated heterocycles. The van der Waals surface area contributed by atoms with Gasteiger partial charge in [0.2, 0.25) is 0 Å². The summed E-state index contributed by atoms with van der Waals surface area (Å²) in [5, 5.41) is 2.81. The van der Waals surface area contributed by atoms with Gasteiger partial charge in [-0.1, -0.05) is 36.4 Å². The zero-order valence-corrected chi connectivity index (χ0v) is 10.9. The van der Waals surface area contributed by atoms with Crippen molar-refractivity contribution in [3.8, 4) is 10.4 Å². The molecule has 4 N–H and O–H groups in total. The number of hydrogen-bond donors (Lipinski definition) is 2. The van der Waals surface area contributed by atoms with E-state index in [1.54, 1.807) is 6.07 Å². The summed E-state index contributed by atoms with van der Waals surface area (Å²) in [7, 11) is 0. The van der Waals surface area contributed by atoms with Crippen molar-refractivity contribution in [2.45, 2.75) is 0 Å². The first kappa shape index (κ1) is 11.7. The first-order valence-corrected chi connectivity index (χ1v) is 6.65. The van der Waals surface area contributed by atoms with Gasteiger partial charge in [0, 0.05) is 4.88 Å². The van der Waals surface area contributed by atoms with Gasteiger partial charge in [0.1, 0.15) is 0 Å². The van der Waals surface area contributed by atoms with Gasteiger partial charge < -0.3 is 11.5 Å². The van der Waals surface area contributed by atoms with Crippen molar-refractivity contribution >= 4 is 33.0 Å². The second-order valence-corrected chi connectivity index (χ2v) is 5.40. The van der Waals surface area contributed by atoms with Crippen molar-refractivity contribution in [1.29, 1.82) is 0 Å². The summed E-state index contributed by atoms with van der Waals surface area (Å²) in [5.41, 5.74) is 12.5. The van der Waals surface area contributed by atoms with Crippen LogP contribution in [0.5, 0.6) is 0 Å². The summed E-state index contributed by atoms with van der Waals surface area (Å²) in [6.45, 7) is 0. The van der Waals surface area contributed by atoms with E-state index in [1.807, 2.05) is 18.2 Å². The Morgan fingerprint density at radius 1 is 1.00 bits per heavy atom. The fraction of sp³-hybridized carbons (Fsp3) is 0. The van der Waals surface area contributed by atoms with Crippen LogP contribution in [0.15, 0.2) is 48.5 Å². The molecule has 3 nitrogen and oxygen atoms in total. The SMILES string of the molecule is NC(=O)c1cc(-c2ccc3ccccc3c2)sc1N. The topological polar surface area (TPSA) is 69.1 Å². The summed E-state index contributed by atoms with van der Waals surface area (Å²) in [4.78, 5) is 12.2. The number of fused-ring (bicyclic) bond motifs is 1. The normalized spacial score (nSPS) is 10.7. The smallest absolute Gasteiger partial charge is 0.251 e. The van der Waals surface area contributed by atoms with E-state index in [0.717, 1.165) is 15.8 Å². The average molecular weight is 268 g/mol. The molecule has 3 rings (SSSR count). The molecule has 0 fully saturated rings. The Balaban J connectivity index is 2.13. The Labute approximate surface area is 114 Å². The Bertz CT molecular complexity index is 777. The molecule has 1 heterocycles. The van der Waals surface area contributed by atoms with Crippen LogP contribution in [0.25, 0.3) is 21.2 Å². The Morgan fingerprint density at radius 2 is 1.74 bits per heavy atom. The molecule has 0 unspecified atom stereocenters. The highest BCUT2D eigenvalue weighted by atomic mass is 32.1. The van der Waals surface area contributed by atoms with E-state index < -0.39 is 5.91 Å². The third-order valence-corrected chi connectivity index (χ3v) is 4.07. The lowest BCUT2D eigenvalue weighted by Crippen LogP contribution is -2.11. The molecule has 0 aliphatic carbocycles. The largest absolute Gasteiger partial charge is 0.390 e. The highest BCUT2D eigenvalue weighted by Gasteiger charge is 2.12. The highest BCUT2D eigenvalue weighted by molar-refractivity contribution is 7.19. The standard InChI is InChI=1S/C15H12N2OS/c16-14(18)12-8-13(19-15(12)17)11-6-5-9-3-1-2-4-10(9)7-11/h1-8H,17H2,(H2,16,18). The zero-order valence-electron chi connectivity index (χ0n) is 10.1. The minimum atomic E-state index is -0.485. The summed E-state index contributed by atoms with van der Waals surface area (Å²) >= 11 is 1.38. The third kappa shape index (κ3) is 2.06. The number of rotatable bonds is 2. The molecule has 2 aromatic carbocycles. The van der Waals surface area contributed by atoms with Crippen LogP contribution >= 0.6 is 11.3 Å². The number of thiophene rings is 1. The number of nitrogen functional groups attached to an aromatic ring is 1. The van der Waals surface area contributed by atoms with Gasteiger partial charge in [-0.2, -0.15) is 0 Å². The molecule has 1 aromatic heterocycles. The van der Waals surface area contributed by atoms with Crippen LogP contribution in [0.3, 0.4) is 0 Å². The van der Waals surface area contributed by atoms with Gasteiger partial charge in [0.15, 0.2) is 0 Å². The number of primary amides is 1. The minimum Gasteiger partial charge on any atom is -0.390 e. The van der Waals surface area contributed by atoms with Gasteiger partial charge >= 0.3 is 0 Å². The summed E-state index contributed by atoms with van der Waals surface area (Å²) in [6, 6.07) is 16.1. The van der Waals surface area contributed by atoms with Crippen molar-refractivity contribution < 1.29 is 4.79 Å². The quantitative estimate of drug-likeness (QED) is 0.749. The number of amides is 1. The van der Waals surface area contributed by atoms with Gasteiger partial charge in [-0.25, -0.2) is 0 Å². The first-order chi connectivity index (χ1) is 9.15. The van der Waals surface area contributed by atoms with Crippen LogP contribution in [-0.4, -0.2) is 5.91 Å². The molecule has 0 spiro atoms. The van der Waals surface area contributed by atoms with Crippen LogP contribution in [0, 0.1) is 0 Å². The zero-order chi connectivity index (χ0) is 13.4. The van der Waals surface area contributed by atoms with E-state index in [4.69, 9.17) is 11.5 Å². The fourth-order valence-corrected chi connectivity index (χ4v) is 3.01. The van der Waals surface area contributed by atoms with E-state index in [2.05, 4.69) is 24.3 Å². The first-order valence-electron chi connectivity index (χ1n) is 5.83. The maximum atomic E-state index is 11.2.